The normalized spacial score (nSPS) is 17.3. The molecule has 0 unspecified atom stereocenters. The number of carbonyl (C=O) groups is 2. The van der Waals surface area contributed by atoms with Crippen LogP contribution >= 0.6 is 0 Å². The van der Waals surface area contributed by atoms with Gasteiger partial charge < -0.3 is 21.2 Å². The average Bonchev–Trinajstić information content (AvgIpc) is 2.70. The largest absolute Gasteiger partial charge is 0.409 e. The first-order valence-electron chi connectivity index (χ1n) is 7.56. The van der Waals surface area contributed by atoms with E-state index in [1.165, 1.54) is 0 Å². The highest BCUT2D eigenvalue weighted by atomic mass is 16.4. The number of carbonyl (C=O) groups excluding carboxylic acids is 2. The molecule has 21 heavy (non-hydrogen) atoms. The van der Waals surface area contributed by atoms with Crippen LogP contribution in [0.4, 0.5) is 0 Å². The van der Waals surface area contributed by atoms with Gasteiger partial charge in [0.25, 0.3) is 0 Å². The van der Waals surface area contributed by atoms with Gasteiger partial charge in [0, 0.05) is 26.1 Å². The minimum absolute atomic E-state index is 0.0280. The van der Waals surface area contributed by atoms with Crippen molar-refractivity contribution in [3.05, 3.63) is 0 Å². The van der Waals surface area contributed by atoms with E-state index in [2.05, 4.69) is 10.5 Å². The van der Waals surface area contributed by atoms with Crippen LogP contribution in [-0.2, 0) is 9.59 Å². The number of hydrogen-bond donors (Lipinski definition) is 3. The molecule has 1 aliphatic rings. The molecule has 0 aromatic rings. The van der Waals surface area contributed by atoms with Crippen LogP contribution < -0.4 is 11.1 Å². The zero-order chi connectivity index (χ0) is 15.9. The van der Waals surface area contributed by atoms with Crippen molar-refractivity contribution in [2.24, 2.45) is 16.3 Å². The fraction of sp³-hybridized carbons (Fsp3) is 0.786. The fourth-order valence-electron chi connectivity index (χ4n) is 2.93. The molecule has 7 nitrogen and oxygen atoms in total. The summed E-state index contributed by atoms with van der Waals surface area (Å²) in [5.74, 6) is -0.219. The fourth-order valence-corrected chi connectivity index (χ4v) is 2.93. The van der Waals surface area contributed by atoms with E-state index < -0.39 is 5.41 Å². The summed E-state index contributed by atoms with van der Waals surface area (Å²) in [5.41, 5.74) is 4.90. The molecule has 7 heteroatoms. The molecule has 1 saturated heterocycles. The van der Waals surface area contributed by atoms with Crippen molar-refractivity contribution in [3.63, 3.8) is 0 Å². The molecule has 120 valence electrons. The molecular weight excluding hydrogens is 272 g/mol. The molecule has 0 radical (unpaired) electrons. The summed E-state index contributed by atoms with van der Waals surface area (Å²) in [6.07, 6.45) is 2.87. The van der Waals surface area contributed by atoms with E-state index in [0.717, 1.165) is 12.8 Å². The maximum atomic E-state index is 13.0. The van der Waals surface area contributed by atoms with Crippen molar-refractivity contribution >= 4 is 17.6 Å². The Balaban J connectivity index is 3.05. The van der Waals surface area contributed by atoms with Crippen molar-refractivity contribution in [1.29, 1.82) is 0 Å². The topological polar surface area (TPSA) is 108 Å². The molecule has 0 aliphatic carbocycles. The summed E-state index contributed by atoms with van der Waals surface area (Å²) in [5, 5.41) is 15.0. The zero-order valence-corrected chi connectivity index (χ0v) is 12.9. The number of amides is 2. The van der Waals surface area contributed by atoms with Gasteiger partial charge in [-0.2, -0.15) is 0 Å². The Bertz CT molecular complexity index is 403. The summed E-state index contributed by atoms with van der Waals surface area (Å²) in [6.45, 7) is 5.21. The molecule has 4 N–H and O–H groups in total. The van der Waals surface area contributed by atoms with Crippen LogP contribution in [0.3, 0.4) is 0 Å². The lowest BCUT2D eigenvalue weighted by Crippen LogP contribution is -2.52. The monoisotopic (exact) mass is 298 g/mol. The molecule has 0 spiro atoms. The summed E-state index contributed by atoms with van der Waals surface area (Å²) >= 11 is 0. The standard InChI is InChI=1S/C14H26N4O3/c1-3-6-14(7-4-2,12(15)17-21)13(20)18-9-5-11(19)16-8-10-18/h21H,3-10H2,1-2H3,(H2,15,17)(H,16,19). The van der Waals surface area contributed by atoms with Crippen LogP contribution in [0.2, 0.25) is 0 Å². The number of rotatable bonds is 6. The van der Waals surface area contributed by atoms with Gasteiger partial charge in [-0.1, -0.05) is 31.8 Å². The van der Waals surface area contributed by atoms with Gasteiger partial charge in [0.05, 0.1) is 0 Å². The Morgan fingerprint density at radius 2 is 2.00 bits per heavy atom. The van der Waals surface area contributed by atoms with Gasteiger partial charge in [0.1, 0.15) is 5.41 Å². The Hall–Kier alpha value is -1.79. The summed E-state index contributed by atoms with van der Waals surface area (Å²) in [4.78, 5) is 26.0. The van der Waals surface area contributed by atoms with E-state index >= 15 is 0 Å². The summed E-state index contributed by atoms with van der Waals surface area (Å²) in [7, 11) is 0. The van der Waals surface area contributed by atoms with Gasteiger partial charge >= 0.3 is 0 Å². The predicted octanol–water partition coefficient (Wildman–Crippen LogP) is 0.668. The molecule has 0 saturated carbocycles. The highest BCUT2D eigenvalue weighted by Gasteiger charge is 2.44. The van der Waals surface area contributed by atoms with Gasteiger partial charge in [-0.15, -0.1) is 0 Å². The molecule has 1 fully saturated rings. The number of oxime groups is 1. The number of nitrogens with zero attached hydrogens (tertiary/aromatic N) is 2. The maximum Gasteiger partial charge on any atom is 0.236 e. The second kappa shape index (κ2) is 7.85. The van der Waals surface area contributed by atoms with Crippen molar-refractivity contribution in [2.45, 2.75) is 46.0 Å². The van der Waals surface area contributed by atoms with Crippen molar-refractivity contribution in [1.82, 2.24) is 10.2 Å². The number of nitrogens with two attached hydrogens (primary N) is 1. The van der Waals surface area contributed by atoms with Crippen LogP contribution in [0.1, 0.15) is 46.0 Å². The lowest BCUT2D eigenvalue weighted by molar-refractivity contribution is -0.139. The van der Waals surface area contributed by atoms with Crippen molar-refractivity contribution < 1.29 is 14.8 Å². The van der Waals surface area contributed by atoms with Crippen LogP contribution in [0.25, 0.3) is 0 Å². The molecule has 1 rings (SSSR count). The predicted molar refractivity (Wildman–Crippen MR) is 79.9 cm³/mol. The van der Waals surface area contributed by atoms with E-state index in [9.17, 15) is 9.59 Å². The average molecular weight is 298 g/mol. The lowest BCUT2D eigenvalue weighted by Gasteiger charge is -2.35. The van der Waals surface area contributed by atoms with Crippen LogP contribution in [0.5, 0.6) is 0 Å². The molecule has 1 heterocycles. The first-order chi connectivity index (χ1) is 10.0. The molecule has 0 aromatic heterocycles. The first-order valence-corrected chi connectivity index (χ1v) is 7.56. The van der Waals surface area contributed by atoms with Crippen molar-refractivity contribution in [2.75, 3.05) is 19.6 Å². The second-order valence-electron chi connectivity index (χ2n) is 5.46. The minimum atomic E-state index is -0.967. The van der Waals surface area contributed by atoms with Crippen molar-refractivity contribution in [3.8, 4) is 0 Å². The zero-order valence-electron chi connectivity index (χ0n) is 12.9. The summed E-state index contributed by atoms with van der Waals surface area (Å²) < 4.78 is 0. The molecule has 0 aromatic carbocycles. The molecule has 0 atom stereocenters. The molecular formula is C14H26N4O3. The highest BCUT2D eigenvalue weighted by molar-refractivity contribution is 6.06. The Labute approximate surface area is 125 Å². The first kappa shape index (κ1) is 17.3. The molecule has 2 amide bonds. The van der Waals surface area contributed by atoms with Gasteiger partial charge in [-0.3, -0.25) is 9.59 Å². The maximum absolute atomic E-state index is 13.0. The number of hydrogen-bond acceptors (Lipinski definition) is 4. The van der Waals surface area contributed by atoms with E-state index in [1.54, 1.807) is 4.90 Å². The van der Waals surface area contributed by atoms with E-state index in [4.69, 9.17) is 10.9 Å². The Kier molecular flexibility index (Phi) is 6.45. The third-order valence-corrected chi connectivity index (χ3v) is 3.96. The van der Waals surface area contributed by atoms with Gasteiger partial charge in [-0.25, -0.2) is 0 Å². The van der Waals surface area contributed by atoms with E-state index in [-0.39, 0.29) is 24.1 Å². The third kappa shape index (κ3) is 3.86. The highest BCUT2D eigenvalue weighted by Crippen LogP contribution is 2.33. The van der Waals surface area contributed by atoms with Crippen LogP contribution in [0, 0.1) is 5.41 Å². The smallest absolute Gasteiger partial charge is 0.236 e. The SMILES string of the molecule is CCCC(CCC)(C(=O)N1CCNC(=O)CC1)C(N)=NO. The molecule has 0 bridgehead atoms. The van der Waals surface area contributed by atoms with E-state index in [0.29, 0.717) is 32.5 Å². The van der Waals surface area contributed by atoms with Gasteiger partial charge in [0.15, 0.2) is 5.84 Å². The third-order valence-electron chi connectivity index (χ3n) is 3.96. The van der Waals surface area contributed by atoms with Gasteiger partial charge in [-0.05, 0) is 12.8 Å². The molecule has 1 aliphatic heterocycles. The van der Waals surface area contributed by atoms with Crippen LogP contribution in [-0.4, -0.2) is 47.4 Å². The summed E-state index contributed by atoms with van der Waals surface area (Å²) in [6, 6.07) is 0. The quantitative estimate of drug-likeness (QED) is 0.290. The second-order valence-corrected chi connectivity index (χ2v) is 5.46. The number of amidine groups is 1. The van der Waals surface area contributed by atoms with Crippen LogP contribution in [0.15, 0.2) is 5.16 Å². The Morgan fingerprint density at radius 1 is 1.38 bits per heavy atom. The van der Waals surface area contributed by atoms with E-state index in [1.807, 2.05) is 13.8 Å². The Morgan fingerprint density at radius 3 is 2.52 bits per heavy atom. The number of nitrogens with one attached hydrogen (secondary N) is 1. The lowest BCUT2D eigenvalue weighted by atomic mass is 9.76. The minimum Gasteiger partial charge on any atom is -0.409 e. The van der Waals surface area contributed by atoms with Gasteiger partial charge in [0.2, 0.25) is 11.8 Å².